The summed E-state index contributed by atoms with van der Waals surface area (Å²) >= 11 is 1.80. The zero-order valence-corrected chi connectivity index (χ0v) is 30.1. The third kappa shape index (κ3) is 4.62. The first-order valence-electron chi connectivity index (χ1n) is 18.4. The van der Waals surface area contributed by atoms with Crippen LogP contribution in [0.3, 0.4) is 0 Å². The maximum atomic E-state index is 6.87. The van der Waals surface area contributed by atoms with Gasteiger partial charge in [0.05, 0.1) is 16.6 Å². The van der Waals surface area contributed by atoms with Crippen LogP contribution < -0.4 is 0 Å². The molecule has 0 atom stereocenters. The molecule has 0 saturated carbocycles. The van der Waals surface area contributed by atoms with Gasteiger partial charge in [0.1, 0.15) is 11.2 Å². The van der Waals surface area contributed by atoms with Crippen molar-refractivity contribution in [2.24, 2.45) is 0 Å². The molecule has 12 rings (SSSR count). The van der Waals surface area contributed by atoms with E-state index in [2.05, 4.69) is 144 Å². The van der Waals surface area contributed by atoms with Crippen LogP contribution in [-0.2, 0) is 0 Å². The quantitative estimate of drug-likeness (QED) is 0.182. The molecule has 12 aromatic rings. The number of benzene rings is 8. The van der Waals surface area contributed by atoms with Crippen molar-refractivity contribution in [3.05, 3.63) is 170 Å². The molecule has 6 heteroatoms. The molecule has 0 spiro atoms. The summed E-state index contributed by atoms with van der Waals surface area (Å²) in [5, 5.41) is 9.19. The van der Waals surface area contributed by atoms with Gasteiger partial charge in [0.15, 0.2) is 17.5 Å². The van der Waals surface area contributed by atoms with Gasteiger partial charge in [0.25, 0.3) is 0 Å². The molecule has 0 radical (unpaired) electrons. The van der Waals surface area contributed by atoms with Crippen molar-refractivity contribution >= 4 is 86.0 Å². The van der Waals surface area contributed by atoms with Crippen LogP contribution in [0.15, 0.2) is 174 Å². The number of para-hydroxylation sites is 2. The lowest BCUT2D eigenvalue weighted by Crippen LogP contribution is -2.00. The Morgan fingerprint density at radius 2 is 1.07 bits per heavy atom. The van der Waals surface area contributed by atoms with E-state index in [4.69, 9.17) is 19.4 Å². The van der Waals surface area contributed by atoms with E-state index < -0.39 is 0 Å². The summed E-state index contributed by atoms with van der Waals surface area (Å²) in [5.41, 5.74) is 7.66. The van der Waals surface area contributed by atoms with Gasteiger partial charge in [-0.15, -0.1) is 11.3 Å². The molecule has 0 unspecified atom stereocenters. The zero-order chi connectivity index (χ0) is 36.0. The Labute approximate surface area is 318 Å². The normalized spacial score (nSPS) is 12.0. The molecule has 0 amide bonds. The van der Waals surface area contributed by atoms with E-state index in [0.29, 0.717) is 17.5 Å². The number of aromatic nitrogens is 4. The average molecular weight is 721 g/mol. The Morgan fingerprint density at radius 3 is 1.87 bits per heavy atom. The lowest BCUT2D eigenvalue weighted by Gasteiger charge is -2.10. The van der Waals surface area contributed by atoms with Crippen LogP contribution in [-0.4, -0.2) is 19.5 Å². The summed E-state index contributed by atoms with van der Waals surface area (Å²) in [6.07, 6.45) is 0. The molecule has 55 heavy (non-hydrogen) atoms. The molecule has 0 bridgehead atoms. The van der Waals surface area contributed by atoms with Crippen LogP contribution in [0, 0.1) is 0 Å². The maximum Gasteiger partial charge on any atom is 0.167 e. The highest BCUT2D eigenvalue weighted by Crippen LogP contribution is 2.43. The first-order valence-corrected chi connectivity index (χ1v) is 19.2. The van der Waals surface area contributed by atoms with Gasteiger partial charge in [-0.25, -0.2) is 15.0 Å². The van der Waals surface area contributed by atoms with Crippen LogP contribution in [0.5, 0.6) is 0 Å². The number of rotatable bonds is 4. The number of hydrogen-bond acceptors (Lipinski definition) is 5. The molecular formula is C49H28N4OS. The summed E-state index contributed by atoms with van der Waals surface area (Å²) in [7, 11) is 0. The predicted octanol–water partition coefficient (Wildman–Crippen LogP) is 13.4. The van der Waals surface area contributed by atoms with Crippen LogP contribution in [0.25, 0.3) is 115 Å². The van der Waals surface area contributed by atoms with Crippen LogP contribution >= 0.6 is 11.3 Å². The summed E-state index contributed by atoms with van der Waals surface area (Å²) in [5.74, 6) is 1.80. The van der Waals surface area contributed by atoms with Crippen molar-refractivity contribution in [3.63, 3.8) is 0 Å². The second kappa shape index (κ2) is 11.7. The number of fused-ring (bicyclic) bond motifs is 11. The van der Waals surface area contributed by atoms with Gasteiger partial charge in [0.2, 0.25) is 0 Å². The van der Waals surface area contributed by atoms with E-state index in [1.54, 1.807) is 11.3 Å². The fourth-order valence-corrected chi connectivity index (χ4v) is 9.41. The summed E-state index contributed by atoms with van der Waals surface area (Å²) in [6.45, 7) is 0. The van der Waals surface area contributed by atoms with Gasteiger partial charge in [-0.05, 0) is 71.4 Å². The van der Waals surface area contributed by atoms with Gasteiger partial charge < -0.3 is 8.98 Å². The molecule has 4 heterocycles. The van der Waals surface area contributed by atoms with E-state index in [-0.39, 0.29) is 0 Å². The second-order valence-electron chi connectivity index (χ2n) is 14.0. The number of furan rings is 1. The highest BCUT2D eigenvalue weighted by atomic mass is 32.1. The molecule has 8 aromatic carbocycles. The minimum atomic E-state index is 0.566. The van der Waals surface area contributed by atoms with E-state index >= 15 is 0 Å². The SMILES string of the molecule is c1ccc(-c2nc(-c3ccc4sc5ccccc5c4c3)nc(-c3cc4ccccc4c4c3oc3ccc(-n5c6ccccc6c6ccccc65)cc34)n2)cc1. The van der Waals surface area contributed by atoms with Gasteiger partial charge in [-0.1, -0.05) is 109 Å². The van der Waals surface area contributed by atoms with Gasteiger partial charge >= 0.3 is 0 Å². The monoisotopic (exact) mass is 720 g/mol. The molecule has 0 fully saturated rings. The molecule has 0 N–H and O–H groups in total. The lowest BCUT2D eigenvalue weighted by molar-refractivity contribution is 0.669. The largest absolute Gasteiger partial charge is 0.455 e. The van der Waals surface area contributed by atoms with Crippen LogP contribution in [0.1, 0.15) is 0 Å². The smallest absolute Gasteiger partial charge is 0.167 e. The Bertz CT molecular complexity index is 3450. The minimum Gasteiger partial charge on any atom is -0.455 e. The van der Waals surface area contributed by atoms with Crippen molar-refractivity contribution < 1.29 is 4.42 Å². The topological polar surface area (TPSA) is 56.7 Å². The second-order valence-corrected chi connectivity index (χ2v) is 15.1. The van der Waals surface area contributed by atoms with Crippen molar-refractivity contribution in [1.82, 2.24) is 19.5 Å². The number of thiophene rings is 1. The molecule has 0 aliphatic carbocycles. The maximum absolute atomic E-state index is 6.87. The number of hydrogen-bond donors (Lipinski definition) is 0. The van der Waals surface area contributed by atoms with Crippen molar-refractivity contribution in [1.29, 1.82) is 0 Å². The van der Waals surface area contributed by atoms with E-state index in [0.717, 1.165) is 55.1 Å². The Kier molecular flexibility index (Phi) is 6.44. The highest BCUT2D eigenvalue weighted by molar-refractivity contribution is 7.25. The molecule has 256 valence electrons. The Hall–Kier alpha value is -7.15. The van der Waals surface area contributed by atoms with Crippen molar-refractivity contribution in [2.45, 2.75) is 0 Å². The summed E-state index contributed by atoms with van der Waals surface area (Å²) in [6, 6.07) is 59.7. The average Bonchev–Trinajstić information content (AvgIpc) is 3.93. The fraction of sp³-hybridized carbons (Fsp3) is 0. The van der Waals surface area contributed by atoms with Crippen molar-refractivity contribution in [2.75, 3.05) is 0 Å². The van der Waals surface area contributed by atoms with Gasteiger partial charge in [-0.3, -0.25) is 0 Å². The fourth-order valence-electron chi connectivity index (χ4n) is 8.33. The van der Waals surface area contributed by atoms with E-state index in [1.165, 1.54) is 42.0 Å². The van der Waals surface area contributed by atoms with Gasteiger partial charge in [0, 0.05) is 58.5 Å². The predicted molar refractivity (Wildman–Crippen MR) is 228 cm³/mol. The number of nitrogens with zero attached hydrogens (tertiary/aromatic N) is 4. The molecule has 4 aromatic heterocycles. The summed E-state index contributed by atoms with van der Waals surface area (Å²) < 4.78 is 11.7. The minimum absolute atomic E-state index is 0.566. The molecule has 0 aliphatic heterocycles. The molecular weight excluding hydrogens is 693 g/mol. The van der Waals surface area contributed by atoms with Crippen LogP contribution in [0.2, 0.25) is 0 Å². The first kappa shape index (κ1) is 30.3. The third-order valence-electron chi connectivity index (χ3n) is 10.8. The summed E-state index contributed by atoms with van der Waals surface area (Å²) in [4.78, 5) is 15.5. The van der Waals surface area contributed by atoms with E-state index in [9.17, 15) is 0 Å². The zero-order valence-electron chi connectivity index (χ0n) is 29.3. The first-order chi connectivity index (χ1) is 27.2. The van der Waals surface area contributed by atoms with E-state index in [1.807, 2.05) is 30.3 Å². The van der Waals surface area contributed by atoms with Crippen LogP contribution in [0.4, 0.5) is 0 Å². The third-order valence-corrected chi connectivity index (χ3v) is 12.0. The Balaban J connectivity index is 1.12. The standard InChI is InChI=1S/C49H28N4OS/c1-2-12-29(13-3-1)47-50-48(31-22-25-44-37(27-31)36-18-8-11-21-43(36)55-44)52-49(51-47)39-26-30-14-4-5-15-33(30)45-38-28-32(23-24-42(38)54-46(39)45)53-40-19-9-6-16-34(40)35-17-7-10-20-41(35)53/h1-28H. The van der Waals surface area contributed by atoms with Gasteiger partial charge in [-0.2, -0.15) is 0 Å². The molecule has 0 aliphatic rings. The molecule has 5 nitrogen and oxygen atoms in total. The lowest BCUT2D eigenvalue weighted by atomic mass is 9.99. The Morgan fingerprint density at radius 1 is 0.436 bits per heavy atom. The highest BCUT2D eigenvalue weighted by Gasteiger charge is 2.22. The molecule has 0 saturated heterocycles. The van der Waals surface area contributed by atoms with Crippen molar-refractivity contribution in [3.8, 4) is 39.9 Å².